The molecule has 0 bridgehead atoms. The average molecular weight is 253 g/mol. The van der Waals surface area contributed by atoms with Gasteiger partial charge in [0.15, 0.2) is 11.5 Å². The average Bonchev–Trinajstić information content (AvgIpc) is 2.37. The van der Waals surface area contributed by atoms with Crippen molar-refractivity contribution in [3.63, 3.8) is 0 Å². The summed E-state index contributed by atoms with van der Waals surface area (Å²) in [5.41, 5.74) is 3.75. The summed E-state index contributed by atoms with van der Waals surface area (Å²) in [5.74, 6) is 1.45. The number of benzene rings is 2. The molecular formula is C16H15NO2. The van der Waals surface area contributed by atoms with Gasteiger partial charge in [0.05, 0.1) is 11.4 Å². The molecule has 0 N–H and O–H groups in total. The van der Waals surface area contributed by atoms with Crippen molar-refractivity contribution in [2.45, 2.75) is 20.8 Å². The quantitative estimate of drug-likeness (QED) is 0.707. The van der Waals surface area contributed by atoms with Gasteiger partial charge >= 0.3 is 0 Å². The van der Waals surface area contributed by atoms with E-state index in [1.54, 1.807) is 11.8 Å². The van der Waals surface area contributed by atoms with Gasteiger partial charge < -0.3 is 4.74 Å². The first-order valence-corrected chi connectivity index (χ1v) is 6.27. The standard InChI is InChI=1S/C16H15NO2/c1-10-6-4-8-13-15(10)17(12(3)18)16-11(2)7-5-9-14(16)19-13/h4-9H,1-3H3. The highest BCUT2D eigenvalue weighted by atomic mass is 16.5. The largest absolute Gasteiger partial charge is 0.453 e. The fourth-order valence-electron chi connectivity index (χ4n) is 2.55. The van der Waals surface area contributed by atoms with Crippen molar-refractivity contribution in [1.82, 2.24) is 0 Å². The number of ether oxygens (including phenoxy) is 1. The predicted octanol–water partition coefficient (Wildman–Crippen LogP) is 4.09. The molecule has 0 saturated heterocycles. The Bertz CT molecular complexity index is 625. The van der Waals surface area contributed by atoms with Crippen molar-refractivity contribution in [3.05, 3.63) is 47.5 Å². The fourth-order valence-corrected chi connectivity index (χ4v) is 2.55. The molecule has 0 aliphatic carbocycles. The number of rotatable bonds is 0. The maximum Gasteiger partial charge on any atom is 0.228 e. The van der Waals surface area contributed by atoms with Crippen LogP contribution in [0.1, 0.15) is 18.1 Å². The molecule has 19 heavy (non-hydrogen) atoms. The highest BCUT2D eigenvalue weighted by Gasteiger charge is 2.29. The third-order valence-electron chi connectivity index (χ3n) is 3.38. The number of para-hydroxylation sites is 2. The Morgan fingerprint density at radius 2 is 1.42 bits per heavy atom. The summed E-state index contributed by atoms with van der Waals surface area (Å²) >= 11 is 0. The smallest absolute Gasteiger partial charge is 0.228 e. The van der Waals surface area contributed by atoms with E-state index in [1.165, 1.54) is 0 Å². The molecule has 1 amide bonds. The third kappa shape index (κ3) is 1.70. The molecular weight excluding hydrogens is 238 g/mol. The van der Waals surface area contributed by atoms with Crippen LogP contribution in [-0.4, -0.2) is 5.91 Å². The van der Waals surface area contributed by atoms with Crippen molar-refractivity contribution < 1.29 is 9.53 Å². The molecule has 1 aliphatic heterocycles. The van der Waals surface area contributed by atoms with Crippen molar-refractivity contribution >= 4 is 17.3 Å². The van der Waals surface area contributed by atoms with Gasteiger partial charge in [0, 0.05) is 6.92 Å². The number of aryl methyl sites for hydroxylation is 2. The summed E-state index contributed by atoms with van der Waals surface area (Å²) in [7, 11) is 0. The summed E-state index contributed by atoms with van der Waals surface area (Å²) in [6.07, 6.45) is 0. The summed E-state index contributed by atoms with van der Waals surface area (Å²) in [6, 6.07) is 11.6. The second kappa shape index (κ2) is 4.12. The van der Waals surface area contributed by atoms with Crippen LogP contribution in [0, 0.1) is 13.8 Å². The van der Waals surface area contributed by atoms with Crippen LogP contribution in [-0.2, 0) is 4.79 Å². The number of amides is 1. The lowest BCUT2D eigenvalue weighted by Gasteiger charge is -2.32. The topological polar surface area (TPSA) is 29.5 Å². The van der Waals surface area contributed by atoms with Gasteiger partial charge in [-0.05, 0) is 37.1 Å². The molecule has 3 rings (SSSR count). The zero-order valence-corrected chi connectivity index (χ0v) is 11.2. The van der Waals surface area contributed by atoms with Crippen molar-refractivity contribution in [2.75, 3.05) is 4.90 Å². The predicted molar refractivity (Wildman–Crippen MR) is 75.3 cm³/mol. The normalized spacial score (nSPS) is 12.5. The first-order valence-electron chi connectivity index (χ1n) is 6.27. The summed E-state index contributed by atoms with van der Waals surface area (Å²) in [5, 5.41) is 0. The summed E-state index contributed by atoms with van der Waals surface area (Å²) in [6.45, 7) is 5.56. The fraction of sp³-hybridized carbons (Fsp3) is 0.188. The van der Waals surface area contributed by atoms with E-state index in [9.17, 15) is 4.79 Å². The molecule has 2 aromatic rings. The van der Waals surface area contributed by atoms with E-state index in [-0.39, 0.29) is 5.91 Å². The van der Waals surface area contributed by atoms with Crippen molar-refractivity contribution in [2.24, 2.45) is 0 Å². The molecule has 3 nitrogen and oxygen atoms in total. The van der Waals surface area contributed by atoms with Crippen LogP contribution in [0.25, 0.3) is 0 Å². The molecule has 0 spiro atoms. The molecule has 0 fully saturated rings. The number of fused-ring (bicyclic) bond motifs is 2. The van der Waals surface area contributed by atoms with E-state index in [2.05, 4.69) is 0 Å². The minimum atomic E-state index is -0.00519. The second-order valence-corrected chi connectivity index (χ2v) is 4.80. The number of hydrogen-bond donors (Lipinski definition) is 0. The van der Waals surface area contributed by atoms with Gasteiger partial charge in [-0.1, -0.05) is 24.3 Å². The van der Waals surface area contributed by atoms with Crippen molar-refractivity contribution in [1.29, 1.82) is 0 Å². The molecule has 0 radical (unpaired) electrons. The number of hydrogen-bond acceptors (Lipinski definition) is 2. The van der Waals surface area contributed by atoms with Crippen LogP contribution in [0.4, 0.5) is 11.4 Å². The monoisotopic (exact) mass is 253 g/mol. The zero-order valence-electron chi connectivity index (χ0n) is 11.2. The van der Waals surface area contributed by atoms with E-state index in [4.69, 9.17) is 4.74 Å². The van der Waals surface area contributed by atoms with Crippen LogP contribution in [0.15, 0.2) is 36.4 Å². The van der Waals surface area contributed by atoms with Crippen LogP contribution in [0.5, 0.6) is 11.5 Å². The second-order valence-electron chi connectivity index (χ2n) is 4.80. The Labute approximate surface area is 112 Å². The van der Waals surface area contributed by atoms with Crippen LogP contribution >= 0.6 is 0 Å². The molecule has 3 heteroatoms. The zero-order chi connectivity index (χ0) is 13.6. The Kier molecular flexibility index (Phi) is 2.56. The van der Waals surface area contributed by atoms with Gasteiger partial charge in [-0.3, -0.25) is 9.69 Å². The Morgan fingerprint density at radius 1 is 0.947 bits per heavy atom. The lowest BCUT2D eigenvalue weighted by molar-refractivity contribution is -0.115. The molecule has 1 heterocycles. The van der Waals surface area contributed by atoms with E-state index in [0.29, 0.717) is 0 Å². The van der Waals surface area contributed by atoms with Gasteiger partial charge in [0.1, 0.15) is 0 Å². The minimum absolute atomic E-state index is 0.00519. The molecule has 0 aromatic heterocycles. The number of nitrogens with zero attached hydrogens (tertiary/aromatic N) is 1. The van der Waals surface area contributed by atoms with Crippen LogP contribution in [0.3, 0.4) is 0 Å². The first-order chi connectivity index (χ1) is 9.09. The highest BCUT2D eigenvalue weighted by molar-refractivity contribution is 6.04. The Hall–Kier alpha value is -2.29. The maximum atomic E-state index is 12.1. The molecule has 2 aromatic carbocycles. The Morgan fingerprint density at radius 3 is 1.84 bits per heavy atom. The van der Waals surface area contributed by atoms with Crippen LogP contribution < -0.4 is 9.64 Å². The molecule has 0 saturated carbocycles. The lowest BCUT2D eigenvalue weighted by atomic mass is 10.1. The van der Waals surface area contributed by atoms with Gasteiger partial charge in [-0.15, -0.1) is 0 Å². The van der Waals surface area contributed by atoms with Crippen LogP contribution in [0.2, 0.25) is 0 Å². The summed E-state index contributed by atoms with van der Waals surface area (Å²) in [4.78, 5) is 13.8. The van der Waals surface area contributed by atoms with E-state index in [1.807, 2.05) is 50.2 Å². The van der Waals surface area contributed by atoms with Gasteiger partial charge in [-0.25, -0.2) is 0 Å². The van der Waals surface area contributed by atoms with E-state index in [0.717, 1.165) is 34.0 Å². The highest BCUT2D eigenvalue weighted by Crippen LogP contribution is 2.49. The number of anilines is 2. The van der Waals surface area contributed by atoms with E-state index < -0.39 is 0 Å². The molecule has 0 atom stereocenters. The summed E-state index contributed by atoms with van der Waals surface area (Å²) < 4.78 is 5.93. The molecule has 1 aliphatic rings. The minimum Gasteiger partial charge on any atom is -0.453 e. The lowest BCUT2D eigenvalue weighted by Crippen LogP contribution is -2.27. The molecule has 0 unspecified atom stereocenters. The van der Waals surface area contributed by atoms with Gasteiger partial charge in [0.2, 0.25) is 5.91 Å². The van der Waals surface area contributed by atoms with E-state index >= 15 is 0 Å². The maximum absolute atomic E-state index is 12.1. The number of carbonyl (C=O) groups excluding carboxylic acids is 1. The first kappa shape index (κ1) is 11.8. The number of carbonyl (C=O) groups is 1. The molecule has 96 valence electrons. The third-order valence-corrected chi connectivity index (χ3v) is 3.38. The SMILES string of the molecule is CC(=O)N1c2c(C)cccc2Oc2cccc(C)c21. The van der Waals surface area contributed by atoms with Crippen molar-refractivity contribution in [3.8, 4) is 11.5 Å². The van der Waals surface area contributed by atoms with Gasteiger partial charge in [-0.2, -0.15) is 0 Å². The van der Waals surface area contributed by atoms with Gasteiger partial charge in [0.25, 0.3) is 0 Å². The Balaban J connectivity index is 2.32.